The smallest absolute Gasteiger partial charge is 0.325 e. The van der Waals surface area contributed by atoms with Crippen LogP contribution in [0, 0.1) is 5.82 Å². The van der Waals surface area contributed by atoms with Gasteiger partial charge in [0.1, 0.15) is 18.2 Å². The number of rotatable bonds is 4. The number of aryl methyl sites for hydroxylation is 1. The van der Waals surface area contributed by atoms with E-state index in [-0.39, 0.29) is 6.54 Å². The fourth-order valence-corrected chi connectivity index (χ4v) is 2.32. The van der Waals surface area contributed by atoms with Gasteiger partial charge in [0.15, 0.2) is 0 Å². The predicted molar refractivity (Wildman–Crippen MR) is 73.8 cm³/mol. The molecule has 0 saturated carbocycles. The van der Waals surface area contributed by atoms with Crippen molar-refractivity contribution in [2.45, 2.75) is 13.0 Å². The molecular weight excluding hydrogens is 338 g/mol. The zero-order chi connectivity index (χ0) is 14.0. The Bertz CT molecular complexity index is 630. The van der Waals surface area contributed by atoms with Gasteiger partial charge in [-0.2, -0.15) is 0 Å². The number of hydrogen-bond acceptors (Lipinski definition) is 3. The number of esters is 1. The van der Waals surface area contributed by atoms with E-state index in [1.807, 2.05) is 0 Å². The van der Waals surface area contributed by atoms with Gasteiger partial charge in [0.25, 0.3) is 0 Å². The SMILES string of the molecule is COC(=O)Cn1c(CCCl)nc2cc(Br)c(F)cc21. The van der Waals surface area contributed by atoms with Gasteiger partial charge in [-0.3, -0.25) is 4.79 Å². The molecule has 0 aliphatic carbocycles. The number of alkyl halides is 1. The van der Waals surface area contributed by atoms with E-state index in [1.165, 1.54) is 13.2 Å². The standard InChI is InChI=1S/C12H11BrClFN2O2/c1-19-12(18)6-17-10-5-8(15)7(13)4-9(10)16-11(17)2-3-14/h4-5H,2-3,6H2,1H3. The highest BCUT2D eigenvalue weighted by Crippen LogP contribution is 2.24. The maximum Gasteiger partial charge on any atom is 0.325 e. The molecule has 0 spiro atoms. The van der Waals surface area contributed by atoms with Crippen LogP contribution in [0.15, 0.2) is 16.6 Å². The second kappa shape index (κ2) is 5.88. The van der Waals surface area contributed by atoms with Crippen LogP contribution in [0.4, 0.5) is 4.39 Å². The van der Waals surface area contributed by atoms with Crippen LogP contribution in [0.25, 0.3) is 11.0 Å². The zero-order valence-corrected chi connectivity index (χ0v) is 12.5. The van der Waals surface area contributed by atoms with Gasteiger partial charge in [0.2, 0.25) is 0 Å². The molecule has 0 amide bonds. The Morgan fingerprint density at radius 2 is 2.32 bits per heavy atom. The molecule has 2 aromatic rings. The lowest BCUT2D eigenvalue weighted by Crippen LogP contribution is -2.14. The molecule has 0 radical (unpaired) electrons. The van der Waals surface area contributed by atoms with Gasteiger partial charge in [-0.15, -0.1) is 11.6 Å². The first kappa shape index (κ1) is 14.3. The molecule has 0 N–H and O–H groups in total. The van der Waals surface area contributed by atoms with E-state index in [4.69, 9.17) is 11.6 Å². The molecule has 0 unspecified atom stereocenters. The van der Waals surface area contributed by atoms with Crippen LogP contribution in [-0.2, 0) is 22.5 Å². The van der Waals surface area contributed by atoms with Crippen LogP contribution in [0.3, 0.4) is 0 Å². The van der Waals surface area contributed by atoms with Crippen molar-refractivity contribution in [3.05, 3.63) is 28.2 Å². The topological polar surface area (TPSA) is 44.1 Å². The lowest BCUT2D eigenvalue weighted by molar-refractivity contribution is -0.141. The number of imidazole rings is 1. The fraction of sp³-hybridized carbons (Fsp3) is 0.333. The van der Waals surface area contributed by atoms with Crippen molar-refractivity contribution in [1.29, 1.82) is 0 Å². The average Bonchev–Trinajstić information content (AvgIpc) is 2.68. The molecular formula is C12H11BrClFN2O2. The van der Waals surface area contributed by atoms with Gasteiger partial charge < -0.3 is 9.30 Å². The van der Waals surface area contributed by atoms with Crippen LogP contribution in [0.1, 0.15) is 5.82 Å². The second-order valence-corrected chi connectivity index (χ2v) is 5.12. The Morgan fingerprint density at radius 3 is 2.95 bits per heavy atom. The summed E-state index contributed by atoms with van der Waals surface area (Å²) >= 11 is 8.83. The first-order valence-corrected chi connectivity index (χ1v) is 6.86. The molecule has 4 nitrogen and oxygen atoms in total. The van der Waals surface area contributed by atoms with Crippen LogP contribution in [0.5, 0.6) is 0 Å². The van der Waals surface area contributed by atoms with Crippen molar-refractivity contribution in [3.8, 4) is 0 Å². The highest BCUT2D eigenvalue weighted by Gasteiger charge is 2.15. The molecule has 7 heteroatoms. The summed E-state index contributed by atoms with van der Waals surface area (Å²) in [6, 6.07) is 2.92. The quantitative estimate of drug-likeness (QED) is 0.630. The Kier molecular flexibility index (Phi) is 4.42. The summed E-state index contributed by atoms with van der Waals surface area (Å²) in [6.45, 7) is -0.0136. The van der Waals surface area contributed by atoms with Crippen molar-refractivity contribution in [2.75, 3.05) is 13.0 Å². The van der Waals surface area contributed by atoms with Gasteiger partial charge >= 0.3 is 5.97 Å². The molecule has 1 heterocycles. The summed E-state index contributed by atoms with van der Waals surface area (Å²) in [6.07, 6.45) is 0.493. The number of aromatic nitrogens is 2. The van der Waals surface area contributed by atoms with Crippen molar-refractivity contribution >= 4 is 44.5 Å². The largest absolute Gasteiger partial charge is 0.468 e. The van der Waals surface area contributed by atoms with Crippen molar-refractivity contribution in [1.82, 2.24) is 9.55 Å². The van der Waals surface area contributed by atoms with E-state index < -0.39 is 11.8 Å². The number of methoxy groups -OCH3 is 1. The minimum absolute atomic E-state index is 0.0136. The van der Waals surface area contributed by atoms with Gasteiger partial charge in [-0.1, -0.05) is 0 Å². The van der Waals surface area contributed by atoms with Crippen LogP contribution in [-0.4, -0.2) is 28.5 Å². The second-order valence-electron chi connectivity index (χ2n) is 3.88. The molecule has 19 heavy (non-hydrogen) atoms. The van der Waals surface area contributed by atoms with Crippen molar-refractivity contribution in [3.63, 3.8) is 0 Å². The number of benzene rings is 1. The first-order chi connectivity index (χ1) is 9.06. The number of hydrogen-bond donors (Lipinski definition) is 0. The van der Waals surface area contributed by atoms with E-state index >= 15 is 0 Å². The van der Waals surface area contributed by atoms with Gasteiger partial charge in [-0.25, -0.2) is 9.37 Å². The number of ether oxygens (including phenoxy) is 1. The number of fused-ring (bicyclic) bond motifs is 1. The third-order valence-electron chi connectivity index (χ3n) is 2.70. The predicted octanol–water partition coefficient (Wildman–Crippen LogP) is 2.89. The van der Waals surface area contributed by atoms with Crippen molar-refractivity contribution < 1.29 is 13.9 Å². The summed E-state index contributed by atoms with van der Waals surface area (Å²) < 4.78 is 20.2. The van der Waals surface area contributed by atoms with Crippen LogP contribution >= 0.6 is 27.5 Å². The Balaban J connectivity index is 2.58. The minimum Gasteiger partial charge on any atom is -0.468 e. The summed E-state index contributed by atoms with van der Waals surface area (Å²) in [7, 11) is 1.31. The van der Waals surface area contributed by atoms with E-state index in [9.17, 15) is 9.18 Å². The summed E-state index contributed by atoms with van der Waals surface area (Å²) in [5, 5.41) is 0. The third-order valence-corrected chi connectivity index (χ3v) is 3.50. The first-order valence-electron chi connectivity index (χ1n) is 5.53. The number of carbonyl (C=O) groups is 1. The molecule has 0 saturated heterocycles. The molecule has 0 aliphatic heterocycles. The van der Waals surface area contributed by atoms with E-state index in [0.717, 1.165) is 0 Å². The Labute approximate surface area is 122 Å². The molecule has 0 atom stereocenters. The number of nitrogens with zero attached hydrogens (tertiary/aromatic N) is 2. The highest BCUT2D eigenvalue weighted by atomic mass is 79.9. The molecule has 0 fully saturated rings. The molecule has 0 aliphatic rings. The summed E-state index contributed by atoms with van der Waals surface area (Å²) in [5.41, 5.74) is 1.16. The maximum atomic E-state index is 13.6. The Hall–Kier alpha value is -1.14. The number of halogens is 3. The molecule has 2 rings (SSSR count). The lowest BCUT2D eigenvalue weighted by atomic mass is 10.3. The lowest BCUT2D eigenvalue weighted by Gasteiger charge is -2.07. The minimum atomic E-state index is -0.418. The molecule has 1 aromatic carbocycles. The molecule has 0 bridgehead atoms. The van der Waals surface area contributed by atoms with Crippen LogP contribution in [0.2, 0.25) is 0 Å². The fourth-order valence-electron chi connectivity index (χ4n) is 1.82. The number of carbonyl (C=O) groups excluding carboxylic acids is 1. The Morgan fingerprint density at radius 1 is 1.58 bits per heavy atom. The zero-order valence-electron chi connectivity index (χ0n) is 10.1. The van der Waals surface area contributed by atoms with Gasteiger partial charge in [0, 0.05) is 18.4 Å². The average molecular weight is 350 g/mol. The van der Waals surface area contributed by atoms with Crippen molar-refractivity contribution in [2.24, 2.45) is 0 Å². The maximum absolute atomic E-state index is 13.6. The monoisotopic (exact) mass is 348 g/mol. The summed E-state index contributed by atoms with van der Waals surface area (Å²) in [4.78, 5) is 15.8. The molecule has 1 aromatic heterocycles. The third kappa shape index (κ3) is 2.90. The van der Waals surface area contributed by atoms with E-state index in [2.05, 4.69) is 25.7 Å². The van der Waals surface area contributed by atoms with Crippen LogP contribution < -0.4 is 0 Å². The molecule has 102 valence electrons. The van der Waals surface area contributed by atoms with Gasteiger partial charge in [0.05, 0.1) is 22.6 Å². The normalized spacial score (nSPS) is 10.9. The summed E-state index contributed by atoms with van der Waals surface area (Å²) in [5.74, 6) is 0.177. The van der Waals surface area contributed by atoms with Gasteiger partial charge in [-0.05, 0) is 22.0 Å². The van der Waals surface area contributed by atoms with E-state index in [0.29, 0.717) is 33.6 Å². The highest BCUT2D eigenvalue weighted by molar-refractivity contribution is 9.10. The van der Waals surface area contributed by atoms with E-state index in [1.54, 1.807) is 10.6 Å².